The second kappa shape index (κ2) is 5.36. The van der Waals surface area contributed by atoms with Gasteiger partial charge in [-0.2, -0.15) is 0 Å². The maximum absolute atomic E-state index is 10.4. The Morgan fingerprint density at radius 2 is 2.07 bits per heavy atom. The van der Waals surface area contributed by atoms with Gasteiger partial charge in [0.05, 0.1) is 13.0 Å². The van der Waals surface area contributed by atoms with Crippen molar-refractivity contribution in [3.05, 3.63) is 29.8 Å². The number of carboxylic acids is 1. The highest BCUT2D eigenvalue weighted by atomic mass is 16.5. The average molecular weight is 209 g/mol. The highest BCUT2D eigenvalue weighted by molar-refractivity contribution is 5.67. The quantitative estimate of drug-likeness (QED) is 0.771. The lowest BCUT2D eigenvalue weighted by Crippen LogP contribution is -2.14. The maximum Gasteiger partial charge on any atom is 0.305 e. The largest absolute Gasteiger partial charge is 0.494 e. The number of carbonyl (C=O) groups is 1. The normalized spacial score (nSPS) is 12.1. The third-order valence-corrected chi connectivity index (χ3v) is 2.01. The van der Waals surface area contributed by atoms with E-state index in [0.29, 0.717) is 6.61 Å². The van der Waals surface area contributed by atoms with Gasteiger partial charge in [-0.15, -0.1) is 0 Å². The fraction of sp³-hybridized carbons (Fsp3) is 0.364. The average Bonchev–Trinajstić information content (AvgIpc) is 2.18. The Bertz CT molecular complexity index is 321. The zero-order chi connectivity index (χ0) is 11.3. The van der Waals surface area contributed by atoms with Gasteiger partial charge in [0, 0.05) is 6.04 Å². The highest BCUT2D eigenvalue weighted by Gasteiger charge is 2.10. The minimum absolute atomic E-state index is 0.0615. The van der Waals surface area contributed by atoms with Crippen LogP contribution in [-0.4, -0.2) is 17.7 Å². The monoisotopic (exact) mass is 209 g/mol. The van der Waals surface area contributed by atoms with E-state index in [0.717, 1.165) is 11.3 Å². The Morgan fingerprint density at radius 3 is 2.53 bits per heavy atom. The summed E-state index contributed by atoms with van der Waals surface area (Å²) in [5, 5.41) is 8.58. The van der Waals surface area contributed by atoms with Crippen LogP contribution in [-0.2, 0) is 4.79 Å². The van der Waals surface area contributed by atoms with Crippen molar-refractivity contribution >= 4 is 5.97 Å². The summed E-state index contributed by atoms with van der Waals surface area (Å²) >= 11 is 0. The zero-order valence-electron chi connectivity index (χ0n) is 8.64. The van der Waals surface area contributed by atoms with E-state index in [4.69, 9.17) is 15.6 Å². The molecule has 0 aliphatic carbocycles. The number of carboxylic acid groups (broad SMARTS) is 1. The summed E-state index contributed by atoms with van der Waals surface area (Å²) < 4.78 is 5.26. The van der Waals surface area contributed by atoms with Crippen LogP contribution in [0.25, 0.3) is 0 Å². The molecule has 1 rings (SSSR count). The molecule has 4 nitrogen and oxygen atoms in total. The molecule has 0 bridgehead atoms. The molecule has 4 heteroatoms. The SMILES string of the molecule is CCOc1ccc([C@H](N)CC(=O)O)cc1. The van der Waals surface area contributed by atoms with Gasteiger partial charge in [-0.25, -0.2) is 0 Å². The first-order valence-electron chi connectivity index (χ1n) is 4.83. The lowest BCUT2D eigenvalue weighted by atomic mass is 10.1. The molecule has 82 valence electrons. The zero-order valence-corrected chi connectivity index (χ0v) is 8.64. The Hall–Kier alpha value is -1.55. The van der Waals surface area contributed by atoms with Crippen molar-refractivity contribution in [2.45, 2.75) is 19.4 Å². The maximum atomic E-state index is 10.4. The van der Waals surface area contributed by atoms with E-state index in [2.05, 4.69) is 0 Å². The van der Waals surface area contributed by atoms with Crippen LogP contribution >= 0.6 is 0 Å². The molecule has 0 spiro atoms. The number of aliphatic carboxylic acids is 1. The highest BCUT2D eigenvalue weighted by Crippen LogP contribution is 2.18. The summed E-state index contributed by atoms with van der Waals surface area (Å²) in [5.41, 5.74) is 6.50. The minimum Gasteiger partial charge on any atom is -0.494 e. The van der Waals surface area contributed by atoms with E-state index in [1.54, 1.807) is 24.3 Å². The second-order valence-corrected chi connectivity index (χ2v) is 3.21. The van der Waals surface area contributed by atoms with E-state index in [1.807, 2.05) is 6.92 Å². The second-order valence-electron chi connectivity index (χ2n) is 3.21. The van der Waals surface area contributed by atoms with Crippen LogP contribution in [0, 0.1) is 0 Å². The Morgan fingerprint density at radius 1 is 1.47 bits per heavy atom. The predicted molar refractivity (Wildman–Crippen MR) is 56.8 cm³/mol. The van der Waals surface area contributed by atoms with Gasteiger partial charge in [0.1, 0.15) is 5.75 Å². The van der Waals surface area contributed by atoms with Gasteiger partial charge in [0.15, 0.2) is 0 Å². The third-order valence-electron chi connectivity index (χ3n) is 2.01. The van der Waals surface area contributed by atoms with Gasteiger partial charge in [0.2, 0.25) is 0 Å². The molecule has 0 saturated carbocycles. The van der Waals surface area contributed by atoms with E-state index >= 15 is 0 Å². The van der Waals surface area contributed by atoms with E-state index < -0.39 is 12.0 Å². The van der Waals surface area contributed by atoms with Crippen molar-refractivity contribution in [1.82, 2.24) is 0 Å². The number of ether oxygens (including phenoxy) is 1. The summed E-state index contributed by atoms with van der Waals surface area (Å²) in [7, 11) is 0. The van der Waals surface area contributed by atoms with Gasteiger partial charge in [-0.1, -0.05) is 12.1 Å². The molecule has 3 N–H and O–H groups in total. The first kappa shape index (κ1) is 11.5. The number of rotatable bonds is 5. The lowest BCUT2D eigenvalue weighted by Gasteiger charge is -2.10. The summed E-state index contributed by atoms with van der Waals surface area (Å²) in [5.74, 6) is -0.125. The first-order valence-corrected chi connectivity index (χ1v) is 4.83. The molecule has 0 unspecified atom stereocenters. The van der Waals surface area contributed by atoms with E-state index in [-0.39, 0.29) is 6.42 Å². The summed E-state index contributed by atoms with van der Waals surface area (Å²) in [4.78, 5) is 10.4. The Kier molecular flexibility index (Phi) is 4.12. The van der Waals surface area contributed by atoms with Gasteiger partial charge in [-0.3, -0.25) is 4.79 Å². The van der Waals surface area contributed by atoms with Crippen LogP contribution in [0.15, 0.2) is 24.3 Å². The van der Waals surface area contributed by atoms with Crippen LogP contribution in [0.4, 0.5) is 0 Å². The molecule has 1 atom stereocenters. The molecule has 0 aliphatic rings. The van der Waals surface area contributed by atoms with Crippen molar-refractivity contribution < 1.29 is 14.6 Å². The van der Waals surface area contributed by atoms with Gasteiger partial charge in [0.25, 0.3) is 0 Å². The first-order chi connectivity index (χ1) is 7.13. The molecule has 15 heavy (non-hydrogen) atoms. The van der Waals surface area contributed by atoms with Crippen molar-refractivity contribution in [1.29, 1.82) is 0 Å². The van der Waals surface area contributed by atoms with Crippen molar-refractivity contribution in [2.24, 2.45) is 5.73 Å². The fourth-order valence-corrected chi connectivity index (χ4v) is 1.28. The van der Waals surface area contributed by atoms with Crippen LogP contribution in [0.3, 0.4) is 0 Å². The van der Waals surface area contributed by atoms with Gasteiger partial charge in [-0.05, 0) is 24.6 Å². The van der Waals surface area contributed by atoms with Crippen molar-refractivity contribution in [2.75, 3.05) is 6.61 Å². The molecular formula is C11H15NO3. The molecule has 0 amide bonds. The summed E-state index contributed by atoms with van der Waals surface area (Å²) in [6.07, 6.45) is -0.0615. The van der Waals surface area contributed by atoms with Crippen molar-refractivity contribution in [3.8, 4) is 5.75 Å². The number of hydrogen-bond donors (Lipinski definition) is 2. The number of hydrogen-bond acceptors (Lipinski definition) is 3. The Labute approximate surface area is 88.7 Å². The minimum atomic E-state index is -0.892. The summed E-state index contributed by atoms with van der Waals surface area (Å²) in [6.45, 7) is 2.52. The molecule has 0 aromatic heterocycles. The fourth-order valence-electron chi connectivity index (χ4n) is 1.28. The molecule has 0 saturated heterocycles. The Balaban J connectivity index is 2.66. The lowest BCUT2D eigenvalue weighted by molar-refractivity contribution is -0.137. The molecular weight excluding hydrogens is 194 g/mol. The number of benzene rings is 1. The molecule has 0 heterocycles. The standard InChI is InChI=1S/C11H15NO3/c1-2-15-9-5-3-8(4-6-9)10(12)7-11(13)14/h3-6,10H,2,7,12H2,1H3,(H,13,14)/t10-/m1/s1. The molecule has 1 aromatic rings. The van der Waals surface area contributed by atoms with Crippen molar-refractivity contribution in [3.63, 3.8) is 0 Å². The predicted octanol–water partition coefficient (Wildman–Crippen LogP) is 1.56. The van der Waals surface area contributed by atoms with E-state index in [9.17, 15) is 4.79 Å². The smallest absolute Gasteiger partial charge is 0.305 e. The van der Waals surface area contributed by atoms with Gasteiger partial charge < -0.3 is 15.6 Å². The van der Waals surface area contributed by atoms with Crippen LogP contribution in [0.5, 0.6) is 5.75 Å². The van der Waals surface area contributed by atoms with Crippen LogP contribution in [0.1, 0.15) is 24.9 Å². The summed E-state index contributed by atoms with van der Waals surface area (Å²) in [6, 6.07) is 6.70. The van der Waals surface area contributed by atoms with E-state index in [1.165, 1.54) is 0 Å². The molecule has 1 aromatic carbocycles. The van der Waals surface area contributed by atoms with Crippen LogP contribution < -0.4 is 10.5 Å². The molecule has 0 aliphatic heterocycles. The molecule has 0 fully saturated rings. The van der Waals surface area contributed by atoms with Crippen LogP contribution in [0.2, 0.25) is 0 Å². The topological polar surface area (TPSA) is 72.5 Å². The van der Waals surface area contributed by atoms with Gasteiger partial charge >= 0.3 is 5.97 Å². The third kappa shape index (κ3) is 3.59. The number of nitrogens with two attached hydrogens (primary N) is 1. The molecule has 0 radical (unpaired) electrons.